The molecule has 21 heavy (non-hydrogen) atoms. The van der Waals surface area contributed by atoms with Crippen LogP contribution >= 0.6 is 0 Å². The molecule has 3 aromatic rings. The van der Waals surface area contributed by atoms with E-state index >= 15 is 0 Å². The first-order chi connectivity index (χ1) is 10.3. The van der Waals surface area contributed by atoms with E-state index in [1.54, 1.807) is 17.0 Å². The fraction of sp³-hybridized carbons (Fsp3) is 0.385. The number of aryl methyl sites for hydroxylation is 1. The molecule has 1 aliphatic heterocycles. The second kappa shape index (κ2) is 4.81. The quantitative estimate of drug-likeness (QED) is 0.766. The van der Waals surface area contributed by atoms with Gasteiger partial charge in [-0.1, -0.05) is 0 Å². The van der Waals surface area contributed by atoms with Crippen molar-refractivity contribution >= 4 is 11.5 Å². The van der Waals surface area contributed by atoms with Crippen LogP contribution in [0.4, 0.5) is 5.82 Å². The third kappa shape index (κ3) is 2.13. The predicted molar refractivity (Wildman–Crippen MR) is 74.7 cm³/mol. The van der Waals surface area contributed by atoms with Crippen LogP contribution in [-0.4, -0.2) is 42.2 Å². The van der Waals surface area contributed by atoms with Crippen LogP contribution in [0.25, 0.3) is 5.65 Å². The van der Waals surface area contributed by atoms with E-state index in [4.69, 9.17) is 4.74 Å². The number of aromatic nitrogens is 6. The van der Waals surface area contributed by atoms with Crippen LogP contribution in [0.1, 0.15) is 18.2 Å². The molecule has 0 radical (unpaired) electrons. The van der Waals surface area contributed by atoms with Crippen molar-refractivity contribution < 1.29 is 4.74 Å². The molecule has 1 N–H and O–H groups in total. The van der Waals surface area contributed by atoms with Crippen molar-refractivity contribution in [2.75, 3.05) is 11.9 Å². The Hall–Kier alpha value is -2.48. The summed E-state index contributed by atoms with van der Waals surface area (Å²) in [5.74, 6) is 0.782. The van der Waals surface area contributed by atoms with Crippen molar-refractivity contribution in [3.05, 3.63) is 36.4 Å². The van der Waals surface area contributed by atoms with Gasteiger partial charge in [0.25, 0.3) is 0 Å². The van der Waals surface area contributed by atoms with Gasteiger partial charge in [-0.3, -0.25) is 4.68 Å². The van der Waals surface area contributed by atoms with Gasteiger partial charge in [0.05, 0.1) is 11.7 Å². The highest BCUT2D eigenvalue weighted by Crippen LogP contribution is 2.30. The van der Waals surface area contributed by atoms with Crippen molar-refractivity contribution in [2.45, 2.75) is 18.6 Å². The Bertz CT molecular complexity index is 765. The molecular formula is C13H15N7O. The van der Waals surface area contributed by atoms with Crippen LogP contribution in [0.2, 0.25) is 0 Å². The maximum absolute atomic E-state index is 5.85. The number of nitrogens with one attached hydrogen (secondary N) is 1. The van der Waals surface area contributed by atoms with Crippen LogP contribution < -0.4 is 5.32 Å². The Morgan fingerprint density at radius 3 is 3.14 bits per heavy atom. The molecule has 4 rings (SSSR count). The number of rotatable bonds is 3. The fourth-order valence-electron chi connectivity index (χ4n) is 2.69. The molecule has 4 heterocycles. The molecule has 0 unspecified atom stereocenters. The van der Waals surface area contributed by atoms with Crippen LogP contribution in [0.5, 0.6) is 0 Å². The van der Waals surface area contributed by atoms with E-state index in [9.17, 15) is 0 Å². The van der Waals surface area contributed by atoms with Gasteiger partial charge >= 0.3 is 0 Å². The topological polar surface area (TPSA) is 82.2 Å². The molecule has 1 saturated heterocycles. The average Bonchev–Trinajstić information content (AvgIpc) is 3.18. The normalized spacial score (nSPS) is 22.0. The molecular weight excluding hydrogens is 270 g/mol. The molecule has 3 aromatic heterocycles. The molecule has 0 aromatic carbocycles. The van der Waals surface area contributed by atoms with Gasteiger partial charge in [0.1, 0.15) is 18.2 Å². The van der Waals surface area contributed by atoms with Crippen LogP contribution in [0, 0.1) is 0 Å². The molecule has 0 bridgehead atoms. The number of nitrogens with zero attached hydrogens (tertiary/aromatic N) is 6. The monoisotopic (exact) mass is 285 g/mol. The lowest BCUT2D eigenvalue weighted by Crippen LogP contribution is -2.25. The summed E-state index contributed by atoms with van der Waals surface area (Å²) in [6, 6.07) is 5.95. The summed E-state index contributed by atoms with van der Waals surface area (Å²) < 4.78 is 9.35. The van der Waals surface area contributed by atoms with E-state index in [1.165, 1.54) is 0 Å². The number of fused-ring (bicyclic) bond motifs is 1. The molecule has 1 aliphatic rings. The summed E-state index contributed by atoms with van der Waals surface area (Å²) in [5, 5.41) is 19.9. The van der Waals surface area contributed by atoms with Crippen LogP contribution in [-0.2, 0) is 11.8 Å². The van der Waals surface area contributed by atoms with Gasteiger partial charge in [0, 0.05) is 19.9 Å². The highest BCUT2D eigenvalue weighted by atomic mass is 16.5. The summed E-state index contributed by atoms with van der Waals surface area (Å²) in [6.45, 7) is 0.725. The Kier molecular flexibility index (Phi) is 2.81. The maximum atomic E-state index is 5.85. The fourth-order valence-corrected chi connectivity index (χ4v) is 2.69. The highest BCUT2D eigenvalue weighted by molar-refractivity contribution is 5.44. The van der Waals surface area contributed by atoms with Gasteiger partial charge < -0.3 is 10.1 Å². The van der Waals surface area contributed by atoms with Gasteiger partial charge in [-0.15, -0.1) is 15.3 Å². The zero-order valence-corrected chi connectivity index (χ0v) is 11.5. The molecule has 8 nitrogen and oxygen atoms in total. The van der Waals surface area contributed by atoms with Gasteiger partial charge in [-0.25, -0.2) is 0 Å². The predicted octanol–water partition coefficient (Wildman–Crippen LogP) is 0.800. The molecule has 2 atom stereocenters. The summed E-state index contributed by atoms with van der Waals surface area (Å²) in [7, 11) is 1.93. The Morgan fingerprint density at radius 2 is 2.29 bits per heavy atom. The van der Waals surface area contributed by atoms with Crippen molar-refractivity contribution in [2.24, 2.45) is 7.05 Å². The third-order valence-corrected chi connectivity index (χ3v) is 3.74. The number of ether oxygens (including phenoxy) is 1. The Morgan fingerprint density at radius 1 is 1.33 bits per heavy atom. The Balaban J connectivity index is 1.59. The van der Waals surface area contributed by atoms with Gasteiger partial charge in [-0.05, 0) is 24.6 Å². The van der Waals surface area contributed by atoms with Crippen molar-refractivity contribution in [1.29, 1.82) is 0 Å². The minimum atomic E-state index is -0.0177. The van der Waals surface area contributed by atoms with E-state index in [0.717, 1.165) is 30.2 Å². The first-order valence-corrected chi connectivity index (χ1v) is 6.84. The van der Waals surface area contributed by atoms with E-state index in [1.807, 2.05) is 29.9 Å². The van der Waals surface area contributed by atoms with E-state index in [2.05, 4.69) is 25.7 Å². The largest absolute Gasteiger partial charge is 0.370 e. The van der Waals surface area contributed by atoms with Crippen molar-refractivity contribution in [1.82, 2.24) is 29.6 Å². The zero-order valence-electron chi connectivity index (χ0n) is 11.5. The van der Waals surface area contributed by atoms with Gasteiger partial charge in [0.15, 0.2) is 5.65 Å². The molecule has 8 heteroatoms. The first kappa shape index (κ1) is 12.3. The summed E-state index contributed by atoms with van der Waals surface area (Å²) in [4.78, 5) is 0. The third-order valence-electron chi connectivity index (χ3n) is 3.74. The molecule has 1 fully saturated rings. The molecule has 108 valence electrons. The summed E-state index contributed by atoms with van der Waals surface area (Å²) in [6.07, 6.45) is 4.29. The number of hydrogen-bond acceptors (Lipinski definition) is 6. The van der Waals surface area contributed by atoms with E-state index in [0.29, 0.717) is 0 Å². The van der Waals surface area contributed by atoms with Crippen LogP contribution in [0.3, 0.4) is 0 Å². The van der Waals surface area contributed by atoms with Crippen LogP contribution in [0.15, 0.2) is 30.7 Å². The lowest BCUT2D eigenvalue weighted by Gasteiger charge is -2.20. The molecule has 0 spiro atoms. The van der Waals surface area contributed by atoms with Gasteiger partial charge in [-0.2, -0.15) is 9.61 Å². The second-order valence-corrected chi connectivity index (χ2v) is 5.06. The lowest BCUT2D eigenvalue weighted by atomic mass is 10.1. The van der Waals surface area contributed by atoms with E-state index in [-0.39, 0.29) is 12.1 Å². The zero-order chi connectivity index (χ0) is 14.2. The lowest BCUT2D eigenvalue weighted by molar-refractivity contribution is 0.101. The SMILES string of the molecule is Cn1nccc1[C@H]1OCC[C@@H]1Nc1ccc2nncn2n1. The molecule has 0 aliphatic carbocycles. The van der Waals surface area contributed by atoms with Crippen molar-refractivity contribution in [3.63, 3.8) is 0 Å². The number of hydrogen-bond donors (Lipinski definition) is 1. The second-order valence-electron chi connectivity index (χ2n) is 5.06. The maximum Gasteiger partial charge on any atom is 0.177 e. The smallest absolute Gasteiger partial charge is 0.177 e. The van der Waals surface area contributed by atoms with E-state index < -0.39 is 0 Å². The minimum absolute atomic E-state index is 0.0177. The summed E-state index contributed by atoms with van der Waals surface area (Å²) >= 11 is 0. The first-order valence-electron chi connectivity index (χ1n) is 6.84. The minimum Gasteiger partial charge on any atom is -0.370 e. The summed E-state index contributed by atoms with van der Waals surface area (Å²) in [5.41, 5.74) is 1.79. The number of anilines is 1. The highest BCUT2D eigenvalue weighted by Gasteiger charge is 2.31. The Labute approximate surface area is 120 Å². The standard InChI is InChI=1S/C13H15N7O/c1-19-10(4-6-15-19)13-9(5-7-21-13)16-11-2-3-12-17-14-8-20(12)18-11/h2-4,6,8-9,13H,5,7H2,1H3,(H,16,18)/t9-,13-/m0/s1. The van der Waals surface area contributed by atoms with Crippen molar-refractivity contribution in [3.8, 4) is 0 Å². The molecule has 0 amide bonds. The molecule has 0 saturated carbocycles. The van der Waals surface area contributed by atoms with Gasteiger partial charge in [0.2, 0.25) is 0 Å². The average molecular weight is 285 g/mol.